The molecule has 1 N–H and O–H groups in total. The van der Waals surface area contributed by atoms with Crippen LogP contribution < -0.4 is 10.2 Å². The van der Waals surface area contributed by atoms with Crippen LogP contribution in [0.4, 0.5) is 18.9 Å². The van der Waals surface area contributed by atoms with Crippen molar-refractivity contribution >= 4 is 21.6 Å². The maximum absolute atomic E-state index is 12.2. The van der Waals surface area contributed by atoms with Crippen molar-refractivity contribution in [3.8, 4) is 0 Å². The smallest absolute Gasteiger partial charge is 0.373 e. The summed E-state index contributed by atoms with van der Waals surface area (Å²) in [6.07, 6.45) is -4.94. The predicted octanol–water partition coefficient (Wildman–Crippen LogP) is 4.51. The number of benzene rings is 1. The van der Waals surface area contributed by atoms with Crippen LogP contribution in [0.5, 0.6) is 0 Å². The number of nitrogens with zero attached hydrogens (tertiary/aromatic N) is 1. The van der Waals surface area contributed by atoms with E-state index in [1.165, 1.54) is 0 Å². The zero-order valence-electron chi connectivity index (χ0n) is 11.9. The number of rotatable bonds is 6. The van der Waals surface area contributed by atoms with E-state index < -0.39 is 12.6 Å². The third-order valence-electron chi connectivity index (χ3n) is 3.12. The maximum atomic E-state index is 12.2. The highest BCUT2D eigenvalue weighted by atomic mass is 79.9. The van der Waals surface area contributed by atoms with E-state index >= 15 is 0 Å². The summed E-state index contributed by atoms with van der Waals surface area (Å²) >= 11 is 3.44. The van der Waals surface area contributed by atoms with Crippen LogP contribution in [0.25, 0.3) is 0 Å². The van der Waals surface area contributed by atoms with Gasteiger partial charge in [0.15, 0.2) is 0 Å². The first-order chi connectivity index (χ1) is 9.24. The van der Waals surface area contributed by atoms with Crippen LogP contribution in [0.3, 0.4) is 0 Å². The molecule has 0 spiro atoms. The Hall–Kier alpha value is -0.750. The van der Waals surface area contributed by atoms with Gasteiger partial charge in [-0.05, 0) is 47.1 Å². The topological polar surface area (TPSA) is 15.3 Å². The molecular weight excluding hydrogens is 333 g/mol. The van der Waals surface area contributed by atoms with E-state index in [-0.39, 0.29) is 12.6 Å². The first-order valence-corrected chi connectivity index (χ1v) is 7.34. The van der Waals surface area contributed by atoms with Crippen molar-refractivity contribution in [2.45, 2.75) is 32.5 Å². The molecule has 1 aromatic carbocycles. The van der Waals surface area contributed by atoms with Crippen LogP contribution in [0, 0.1) is 0 Å². The summed E-state index contributed by atoms with van der Waals surface area (Å²) in [6, 6.07) is 5.96. The zero-order valence-corrected chi connectivity index (χ0v) is 13.5. The number of hydrogen-bond donors (Lipinski definition) is 1. The highest BCUT2D eigenvalue weighted by Crippen LogP contribution is 2.30. The highest BCUT2D eigenvalue weighted by Gasteiger charge is 2.27. The quantitative estimate of drug-likeness (QED) is 0.810. The fourth-order valence-electron chi connectivity index (χ4n) is 1.94. The number of nitrogens with one attached hydrogen (secondary N) is 1. The van der Waals surface area contributed by atoms with Gasteiger partial charge in [0, 0.05) is 24.1 Å². The van der Waals surface area contributed by atoms with Crippen LogP contribution in [0.1, 0.15) is 31.9 Å². The van der Waals surface area contributed by atoms with Crippen molar-refractivity contribution in [2.75, 3.05) is 25.0 Å². The van der Waals surface area contributed by atoms with Crippen LogP contribution in [0.15, 0.2) is 22.7 Å². The van der Waals surface area contributed by atoms with Gasteiger partial charge >= 0.3 is 6.18 Å². The summed E-state index contributed by atoms with van der Waals surface area (Å²) in [5.74, 6) is 0. The normalized spacial score (nSPS) is 13.3. The second kappa shape index (κ2) is 7.31. The minimum absolute atomic E-state index is 0.0514. The Morgan fingerprint density at radius 3 is 2.50 bits per heavy atom. The summed E-state index contributed by atoms with van der Waals surface area (Å²) in [7, 11) is 1.67. The fraction of sp³-hybridized carbons (Fsp3) is 0.571. The van der Waals surface area contributed by atoms with E-state index in [2.05, 4.69) is 28.2 Å². The Morgan fingerprint density at radius 2 is 2.00 bits per heavy atom. The fourth-order valence-corrected chi connectivity index (χ4v) is 2.64. The molecule has 0 saturated carbocycles. The third kappa shape index (κ3) is 5.32. The molecule has 114 valence electrons. The van der Waals surface area contributed by atoms with Crippen LogP contribution >= 0.6 is 15.9 Å². The molecule has 20 heavy (non-hydrogen) atoms. The van der Waals surface area contributed by atoms with Gasteiger partial charge < -0.3 is 10.2 Å². The molecule has 0 bridgehead atoms. The lowest BCUT2D eigenvalue weighted by Gasteiger charge is -2.23. The predicted molar refractivity (Wildman–Crippen MR) is 80.2 cm³/mol. The number of halogens is 4. The van der Waals surface area contributed by atoms with Gasteiger partial charge in [-0.25, -0.2) is 0 Å². The molecule has 0 heterocycles. The minimum atomic E-state index is -4.12. The van der Waals surface area contributed by atoms with Crippen molar-refractivity contribution < 1.29 is 13.2 Å². The van der Waals surface area contributed by atoms with Crippen molar-refractivity contribution in [3.63, 3.8) is 0 Å². The van der Waals surface area contributed by atoms with Crippen molar-refractivity contribution in [1.29, 1.82) is 0 Å². The van der Waals surface area contributed by atoms with Gasteiger partial charge in [0.1, 0.15) is 0 Å². The van der Waals surface area contributed by atoms with Gasteiger partial charge in [-0.3, -0.25) is 0 Å². The molecule has 6 heteroatoms. The first-order valence-electron chi connectivity index (χ1n) is 6.55. The molecule has 2 nitrogen and oxygen atoms in total. The summed E-state index contributed by atoms with van der Waals surface area (Å²) < 4.78 is 37.5. The van der Waals surface area contributed by atoms with E-state index in [1.54, 1.807) is 11.9 Å². The second-order valence-corrected chi connectivity index (χ2v) is 5.63. The van der Waals surface area contributed by atoms with E-state index in [1.807, 2.05) is 25.1 Å². The summed E-state index contributed by atoms with van der Waals surface area (Å²) in [4.78, 5) is 1.61. The van der Waals surface area contributed by atoms with E-state index in [4.69, 9.17) is 0 Å². The molecule has 0 aromatic heterocycles. The van der Waals surface area contributed by atoms with E-state index in [0.29, 0.717) is 0 Å². The zero-order chi connectivity index (χ0) is 15.3. The summed E-state index contributed by atoms with van der Waals surface area (Å²) in [6.45, 7) is 4.90. The Kier molecular flexibility index (Phi) is 6.33. The van der Waals surface area contributed by atoms with Gasteiger partial charge in [0.25, 0.3) is 0 Å². The molecular formula is C14H20BrF3N2. The van der Waals surface area contributed by atoms with Gasteiger partial charge in [0.2, 0.25) is 0 Å². The lowest BCUT2D eigenvalue weighted by Crippen LogP contribution is -2.24. The first kappa shape index (κ1) is 17.3. The van der Waals surface area contributed by atoms with Crippen molar-refractivity contribution in [2.24, 2.45) is 0 Å². The number of anilines is 1. The molecule has 0 fully saturated rings. The molecule has 1 rings (SSSR count). The van der Waals surface area contributed by atoms with E-state index in [9.17, 15) is 13.2 Å². The SMILES string of the molecule is CCNC(C)c1ccc(N(C)CCC(F)(F)F)c(Br)c1. The van der Waals surface area contributed by atoms with Gasteiger partial charge in [-0.2, -0.15) is 13.2 Å². The molecule has 0 aliphatic heterocycles. The van der Waals surface area contributed by atoms with Gasteiger partial charge in [0.05, 0.1) is 12.1 Å². The Labute approximate surface area is 126 Å². The second-order valence-electron chi connectivity index (χ2n) is 4.78. The molecule has 0 radical (unpaired) electrons. The highest BCUT2D eigenvalue weighted by molar-refractivity contribution is 9.10. The lowest BCUT2D eigenvalue weighted by atomic mass is 10.1. The number of hydrogen-bond acceptors (Lipinski definition) is 2. The molecule has 1 atom stereocenters. The largest absolute Gasteiger partial charge is 0.390 e. The standard InChI is InChI=1S/C14H20BrF3N2/c1-4-19-10(2)11-5-6-13(12(15)9-11)20(3)8-7-14(16,17)18/h5-6,9-10,19H,4,7-8H2,1-3H3. The molecule has 0 amide bonds. The monoisotopic (exact) mass is 352 g/mol. The van der Waals surface area contributed by atoms with Crippen LogP contribution in [-0.2, 0) is 0 Å². The van der Waals surface area contributed by atoms with E-state index in [0.717, 1.165) is 22.3 Å². The molecule has 0 aliphatic carbocycles. The van der Waals surface area contributed by atoms with Gasteiger partial charge in [-0.1, -0.05) is 13.0 Å². The number of alkyl halides is 3. The van der Waals surface area contributed by atoms with Gasteiger partial charge in [-0.15, -0.1) is 0 Å². The Morgan fingerprint density at radius 1 is 1.35 bits per heavy atom. The molecule has 1 aromatic rings. The molecule has 0 saturated heterocycles. The molecule has 1 unspecified atom stereocenters. The lowest BCUT2D eigenvalue weighted by molar-refractivity contribution is -0.132. The van der Waals surface area contributed by atoms with Crippen molar-refractivity contribution in [1.82, 2.24) is 5.32 Å². The molecule has 0 aliphatic rings. The third-order valence-corrected chi connectivity index (χ3v) is 3.76. The van der Waals surface area contributed by atoms with Crippen LogP contribution in [0.2, 0.25) is 0 Å². The minimum Gasteiger partial charge on any atom is -0.373 e. The van der Waals surface area contributed by atoms with Crippen LogP contribution in [-0.4, -0.2) is 26.3 Å². The Balaban J connectivity index is 2.77. The van der Waals surface area contributed by atoms with Crippen molar-refractivity contribution in [3.05, 3.63) is 28.2 Å². The average molecular weight is 353 g/mol. The average Bonchev–Trinajstić information content (AvgIpc) is 2.35. The Bertz CT molecular complexity index is 435. The maximum Gasteiger partial charge on any atom is 0.390 e. The summed E-state index contributed by atoms with van der Waals surface area (Å²) in [5.41, 5.74) is 1.87. The summed E-state index contributed by atoms with van der Waals surface area (Å²) in [5, 5.41) is 3.30.